The number of aromatic nitrogens is 1. The van der Waals surface area contributed by atoms with Crippen molar-refractivity contribution >= 4 is 17.4 Å². The van der Waals surface area contributed by atoms with Gasteiger partial charge in [-0.3, -0.25) is 4.98 Å². The van der Waals surface area contributed by atoms with Crippen LogP contribution in [-0.4, -0.2) is 51.7 Å². The lowest BCUT2D eigenvalue weighted by Gasteiger charge is -2.36. The Bertz CT molecular complexity index is 1060. The van der Waals surface area contributed by atoms with Gasteiger partial charge in [0.15, 0.2) is 11.5 Å². The third kappa shape index (κ3) is 5.42. The van der Waals surface area contributed by atoms with Gasteiger partial charge in [-0.2, -0.15) is 0 Å². The molecule has 0 amide bonds. The molecule has 3 aromatic rings. The average Bonchev–Trinajstić information content (AvgIpc) is 2.91. The molecular formula is C27H33N3O3S. The van der Waals surface area contributed by atoms with Gasteiger partial charge in [0, 0.05) is 41.1 Å². The van der Waals surface area contributed by atoms with Crippen molar-refractivity contribution in [3.05, 3.63) is 60.4 Å². The summed E-state index contributed by atoms with van der Waals surface area (Å²) in [6, 6.07) is 15.5. The lowest BCUT2D eigenvalue weighted by molar-refractivity contribution is 0.324. The van der Waals surface area contributed by atoms with E-state index in [2.05, 4.69) is 51.8 Å². The number of benzene rings is 2. The fraction of sp³-hybridized carbons (Fsp3) is 0.370. The van der Waals surface area contributed by atoms with Crippen molar-refractivity contribution in [1.82, 2.24) is 10.3 Å². The van der Waals surface area contributed by atoms with Crippen LogP contribution in [0.4, 0.5) is 5.69 Å². The highest BCUT2D eigenvalue weighted by Gasteiger charge is 2.22. The first-order valence-corrected chi connectivity index (χ1v) is 12.7. The summed E-state index contributed by atoms with van der Waals surface area (Å²) in [6.07, 6.45) is 8.21. The van der Waals surface area contributed by atoms with Gasteiger partial charge in [-0.1, -0.05) is 0 Å². The molecule has 1 N–H and O–H groups in total. The van der Waals surface area contributed by atoms with Gasteiger partial charge in [0.1, 0.15) is 0 Å². The number of methoxy groups -OCH3 is 3. The summed E-state index contributed by atoms with van der Waals surface area (Å²) < 4.78 is 16.6. The summed E-state index contributed by atoms with van der Waals surface area (Å²) in [6.45, 7) is 2.90. The van der Waals surface area contributed by atoms with Crippen molar-refractivity contribution in [2.24, 2.45) is 0 Å². The van der Waals surface area contributed by atoms with Gasteiger partial charge in [0.05, 0.1) is 21.3 Å². The summed E-state index contributed by atoms with van der Waals surface area (Å²) >= 11 is 1.77. The largest absolute Gasteiger partial charge is 0.493 e. The molecule has 1 aliphatic rings. The van der Waals surface area contributed by atoms with E-state index in [4.69, 9.17) is 14.2 Å². The van der Waals surface area contributed by atoms with Crippen LogP contribution in [0.5, 0.6) is 17.2 Å². The Kier molecular flexibility index (Phi) is 8.19. The van der Waals surface area contributed by atoms with Crippen LogP contribution in [0, 0.1) is 0 Å². The predicted octanol–water partition coefficient (Wildman–Crippen LogP) is 5.25. The van der Waals surface area contributed by atoms with Crippen LogP contribution in [0.3, 0.4) is 0 Å². The zero-order chi connectivity index (χ0) is 23.9. The fourth-order valence-electron chi connectivity index (χ4n) is 4.50. The predicted molar refractivity (Wildman–Crippen MR) is 140 cm³/mol. The van der Waals surface area contributed by atoms with E-state index in [1.165, 1.54) is 16.1 Å². The molecule has 0 spiro atoms. The molecule has 4 rings (SSSR count). The van der Waals surface area contributed by atoms with E-state index < -0.39 is 0 Å². The maximum atomic E-state index is 5.55. The molecule has 0 aliphatic carbocycles. The topological polar surface area (TPSA) is 55.9 Å². The normalized spacial score (nSPS) is 14.0. The molecule has 2 heterocycles. The molecule has 0 saturated carbocycles. The molecule has 1 aliphatic heterocycles. The van der Waals surface area contributed by atoms with Gasteiger partial charge >= 0.3 is 0 Å². The second kappa shape index (κ2) is 11.5. The third-order valence-corrected chi connectivity index (χ3v) is 7.04. The number of anilines is 1. The maximum absolute atomic E-state index is 5.55. The van der Waals surface area contributed by atoms with E-state index in [9.17, 15) is 0 Å². The highest BCUT2D eigenvalue weighted by molar-refractivity contribution is 7.98. The van der Waals surface area contributed by atoms with E-state index in [0.717, 1.165) is 43.6 Å². The molecule has 1 aromatic heterocycles. The molecule has 6 nitrogen and oxygen atoms in total. The van der Waals surface area contributed by atoms with Crippen LogP contribution >= 0.6 is 11.8 Å². The lowest BCUT2D eigenvalue weighted by Crippen LogP contribution is -2.43. The SMILES string of the molecule is COc1cc(-c2cncc(CN(c3ccc(SC)cc3)C3CCNCC3)c2)cc(OC)c1OC. The Hall–Kier alpha value is -2.90. The maximum Gasteiger partial charge on any atom is 0.203 e. The number of nitrogens with one attached hydrogen (secondary N) is 1. The van der Waals surface area contributed by atoms with Crippen LogP contribution in [0.2, 0.25) is 0 Å². The molecule has 0 atom stereocenters. The van der Waals surface area contributed by atoms with Crippen molar-refractivity contribution in [2.45, 2.75) is 30.3 Å². The van der Waals surface area contributed by atoms with Gasteiger partial charge in [0.25, 0.3) is 0 Å². The summed E-state index contributed by atoms with van der Waals surface area (Å²) in [4.78, 5) is 8.39. The van der Waals surface area contributed by atoms with Crippen molar-refractivity contribution in [2.75, 3.05) is 45.6 Å². The number of nitrogens with zero attached hydrogens (tertiary/aromatic N) is 2. The minimum Gasteiger partial charge on any atom is -0.493 e. The summed E-state index contributed by atoms with van der Waals surface area (Å²) in [5.41, 5.74) is 4.41. The summed E-state index contributed by atoms with van der Waals surface area (Å²) in [7, 11) is 4.88. The monoisotopic (exact) mass is 479 g/mol. The lowest BCUT2D eigenvalue weighted by atomic mass is 10.0. The molecule has 7 heteroatoms. The van der Waals surface area contributed by atoms with Crippen LogP contribution < -0.4 is 24.4 Å². The molecule has 180 valence electrons. The van der Waals surface area contributed by atoms with Crippen LogP contribution in [0.15, 0.2) is 59.8 Å². The van der Waals surface area contributed by atoms with Gasteiger partial charge < -0.3 is 24.4 Å². The number of pyridine rings is 1. The van der Waals surface area contributed by atoms with Gasteiger partial charge in [0.2, 0.25) is 5.75 Å². The molecule has 1 saturated heterocycles. The minimum absolute atomic E-state index is 0.492. The van der Waals surface area contributed by atoms with Crippen molar-refractivity contribution in [1.29, 1.82) is 0 Å². The summed E-state index contributed by atoms with van der Waals surface area (Å²) in [5.74, 6) is 1.85. The first kappa shape index (κ1) is 24.2. The Balaban J connectivity index is 1.66. The van der Waals surface area contributed by atoms with Crippen LogP contribution in [-0.2, 0) is 6.54 Å². The van der Waals surface area contributed by atoms with E-state index in [-0.39, 0.29) is 0 Å². The number of hydrogen-bond donors (Lipinski definition) is 1. The number of rotatable bonds is 9. The Labute approximate surface area is 206 Å². The molecule has 0 bridgehead atoms. The number of piperidine rings is 1. The molecule has 34 heavy (non-hydrogen) atoms. The Morgan fingerprint density at radius 1 is 0.912 bits per heavy atom. The number of hydrogen-bond acceptors (Lipinski definition) is 7. The van der Waals surface area contributed by atoms with E-state index in [0.29, 0.717) is 23.3 Å². The van der Waals surface area contributed by atoms with Crippen molar-refractivity contribution < 1.29 is 14.2 Å². The first-order chi connectivity index (χ1) is 16.7. The van der Waals surface area contributed by atoms with Gasteiger partial charge in [-0.05, 0) is 85.8 Å². The number of ether oxygens (including phenoxy) is 3. The van der Waals surface area contributed by atoms with Crippen molar-refractivity contribution in [3.63, 3.8) is 0 Å². The van der Waals surface area contributed by atoms with Gasteiger partial charge in [-0.25, -0.2) is 0 Å². The van der Waals surface area contributed by atoms with E-state index in [1.54, 1.807) is 33.1 Å². The highest BCUT2D eigenvalue weighted by atomic mass is 32.2. The van der Waals surface area contributed by atoms with Crippen molar-refractivity contribution in [3.8, 4) is 28.4 Å². The highest BCUT2D eigenvalue weighted by Crippen LogP contribution is 2.41. The van der Waals surface area contributed by atoms with Crippen LogP contribution in [0.25, 0.3) is 11.1 Å². The second-order valence-corrected chi connectivity index (χ2v) is 9.18. The van der Waals surface area contributed by atoms with E-state index in [1.807, 2.05) is 24.5 Å². The Morgan fingerprint density at radius 2 is 1.59 bits per heavy atom. The third-order valence-electron chi connectivity index (χ3n) is 6.30. The Morgan fingerprint density at radius 3 is 2.18 bits per heavy atom. The fourth-order valence-corrected chi connectivity index (χ4v) is 4.91. The van der Waals surface area contributed by atoms with E-state index >= 15 is 0 Å². The zero-order valence-corrected chi connectivity index (χ0v) is 21.2. The minimum atomic E-state index is 0.492. The molecule has 1 fully saturated rings. The molecular weight excluding hydrogens is 446 g/mol. The second-order valence-electron chi connectivity index (χ2n) is 8.30. The molecule has 0 unspecified atom stereocenters. The quantitative estimate of drug-likeness (QED) is 0.421. The number of thioether (sulfide) groups is 1. The molecule has 0 radical (unpaired) electrons. The van der Waals surface area contributed by atoms with Crippen LogP contribution in [0.1, 0.15) is 18.4 Å². The summed E-state index contributed by atoms with van der Waals surface area (Å²) in [5, 5.41) is 3.49. The molecule has 2 aromatic carbocycles. The smallest absolute Gasteiger partial charge is 0.203 e. The van der Waals surface area contributed by atoms with Gasteiger partial charge in [-0.15, -0.1) is 11.8 Å². The zero-order valence-electron chi connectivity index (χ0n) is 20.3. The first-order valence-electron chi connectivity index (χ1n) is 11.5. The average molecular weight is 480 g/mol. The standard InChI is InChI=1S/C27H33N3O3S/c1-31-25-14-20(15-26(32-2)27(25)33-3)21-13-19(16-29-17-21)18-30(23-9-11-28-12-10-23)22-5-7-24(34-4)8-6-22/h5-8,13-17,23,28H,9-12,18H2,1-4H3.